The second-order valence-electron chi connectivity index (χ2n) is 2.52. The summed E-state index contributed by atoms with van der Waals surface area (Å²) >= 11 is 0. The minimum Gasteiger partial charge on any atom is -0.481 e. The molecule has 0 aliphatic heterocycles. The van der Waals surface area contributed by atoms with Crippen molar-refractivity contribution in [3.8, 4) is 0 Å². The normalized spacial score (nSPS) is 11.1. The van der Waals surface area contributed by atoms with Gasteiger partial charge in [0.25, 0.3) is 0 Å². The van der Waals surface area contributed by atoms with E-state index in [4.69, 9.17) is 5.11 Å². The molecule has 1 aromatic carbocycles. The Morgan fingerprint density at radius 2 is 1.86 bits per heavy atom. The maximum atomic E-state index is 10.2. The van der Waals surface area contributed by atoms with Crippen LogP contribution in [-0.4, -0.2) is 23.2 Å². The van der Waals surface area contributed by atoms with E-state index in [0.717, 1.165) is 0 Å². The van der Waals surface area contributed by atoms with Crippen LogP contribution >= 0.6 is 0 Å². The Morgan fingerprint density at radius 3 is 2.29 bits per heavy atom. The Bertz CT molecular complexity index is 261. The van der Waals surface area contributed by atoms with Crippen molar-refractivity contribution in [1.29, 1.82) is 0 Å². The van der Waals surface area contributed by atoms with Gasteiger partial charge in [0.2, 0.25) is 0 Å². The molecule has 0 radical (unpaired) electrons. The maximum Gasteiger partial charge on any atom is 0.306 e. The quantitative estimate of drug-likeness (QED) is 0.668. The molecule has 4 nitrogen and oxygen atoms in total. The highest BCUT2D eigenvalue weighted by Crippen LogP contribution is 2.15. The molecule has 1 unspecified atom stereocenters. The number of hydrogen-bond acceptors (Lipinski definition) is 3. The van der Waals surface area contributed by atoms with Gasteiger partial charge in [0, 0.05) is 0 Å². The molecule has 0 saturated carbocycles. The zero-order valence-electron chi connectivity index (χ0n) is 8.05. The van der Waals surface area contributed by atoms with Crippen LogP contribution in [0.15, 0.2) is 30.3 Å². The summed E-state index contributed by atoms with van der Waals surface area (Å²) in [5.74, 6) is -0.994. The molecule has 1 rings (SSSR count). The highest BCUT2D eigenvalue weighted by molar-refractivity contribution is 5.67. The molecule has 0 heterocycles. The lowest BCUT2D eigenvalue weighted by Crippen LogP contribution is -2.04. The van der Waals surface area contributed by atoms with E-state index in [0.29, 0.717) is 5.56 Å². The average Bonchev–Trinajstić information content (AvgIpc) is 2.21. The first-order chi connectivity index (χ1) is 6.70. The van der Waals surface area contributed by atoms with Crippen LogP contribution < -0.4 is 5.73 Å². The molecule has 0 amide bonds. The van der Waals surface area contributed by atoms with Gasteiger partial charge in [-0.3, -0.25) is 4.79 Å². The van der Waals surface area contributed by atoms with Crippen molar-refractivity contribution < 1.29 is 15.0 Å². The molecule has 0 aromatic heterocycles. The van der Waals surface area contributed by atoms with Crippen molar-refractivity contribution in [3.05, 3.63) is 35.9 Å². The van der Waals surface area contributed by atoms with Gasteiger partial charge in [0.1, 0.15) is 0 Å². The lowest BCUT2D eigenvalue weighted by atomic mass is 10.1. The Kier molecular flexibility index (Phi) is 6.36. The topological polar surface area (TPSA) is 83.6 Å². The summed E-state index contributed by atoms with van der Waals surface area (Å²) in [5, 5.41) is 17.7. The third-order valence-electron chi connectivity index (χ3n) is 1.55. The number of carboxylic acid groups (broad SMARTS) is 1. The molecule has 4 heteroatoms. The second-order valence-corrected chi connectivity index (χ2v) is 2.52. The number of hydrogen-bond donors (Lipinski definition) is 3. The largest absolute Gasteiger partial charge is 0.481 e. The van der Waals surface area contributed by atoms with Gasteiger partial charge in [0.15, 0.2) is 0 Å². The zero-order chi connectivity index (χ0) is 11.0. The fraction of sp³-hybridized carbons (Fsp3) is 0.300. The Hall–Kier alpha value is -1.39. The van der Waals surface area contributed by atoms with E-state index in [2.05, 4.69) is 5.73 Å². The molecule has 0 aliphatic rings. The van der Waals surface area contributed by atoms with Gasteiger partial charge in [0.05, 0.1) is 12.5 Å². The molecule has 4 N–H and O–H groups in total. The first-order valence-electron chi connectivity index (χ1n) is 4.22. The van der Waals surface area contributed by atoms with Gasteiger partial charge >= 0.3 is 5.97 Å². The minimum atomic E-state index is -0.994. The van der Waals surface area contributed by atoms with E-state index in [1.54, 1.807) is 24.3 Å². The van der Waals surface area contributed by atoms with Crippen LogP contribution in [-0.2, 0) is 4.79 Å². The van der Waals surface area contributed by atoms with Gasteiger partial charge in [-0.05, 0) is 12.6 Å². The van der Waals surface area contributed by atoms with Gasteiger partial charge in [-0.25, -0.2) is 0 Å². The summed E-state index contributed by atoms with van der Waals surface area (Å²) in [4.78, 5) is 10.2. The molecule has 0 fully saturated rings. The van der Waals surface area contributed by atoms with Crippen molar-refractivity contribution >= 4 is 5.97 Å². The van der Waals surface area contributed by atoms with E-state index in [1.807, 2.05) is 6.07 Å². The van der Waals surface area contributed by atoms with Gasteiger partial charge in [-0.1, -0.05) is 30.3 Å². The summed E-state index contributed by atoms with van der Waals surface area (Å²) in [6.45, 7) is 0. The zero-order valence-corrected chi connectivity index (χ0v) is 8.05. The Balaban J connectivity index is 0.000000791. The Morgan fingerprint density at radius 1 is 1.36 bits per heavy atom. The molecule has 1 atom stereocenters. The number of carbonyl (C=O) groups is 1. The number of aliphatic carboxylic acids is 1. The van der Waals surface area contributed by atoms with Crippen molar-refractivity contribution in [1.82, 2.24) is 0 Å². The number of nitrogens with two attached hydrogens (primary N) is 1. The first kappa shape index (κ1) is 12.6. The smallest absolute Gasteiger partial charge is 0.306 e. The van der Waals surface area contributed by atoms with Crippen LogP contribution in [0, 0.1) is 0 Å². The molecule has 0 aliphatic carbocycles. The predicted octanol–water partition coefficient (Wildman–Crippen LogP) is 0.770. The SMILES string of the molecule is CN.O=C(O)CC(O)c1ccccc1. The number of carboxylic acids is 1. The van der Waals surface area contributed by atoms with Crippen LogP contribution in [0.3, 0.4) is 0 Å². The van der Waals surface area contributed by atoms with Crippen LogP contribution in [0.25, 0.3) is 0 Å². The van der Waals surface area contributed by atoms with Crippen molar-refractivity contribution in [3.63, 3.8) is 0 Å². The van der Waals surface area contributed by atoms with Crippen molar-refractivity contribution in [2.45, 2.75) is 12.5 Å². The molecular weight excluding hydrogens is 182 g/mol. The van der Waals surface area contributed by atoms with Crippen LogP contribution in [0.2, 0.25) is 0 Å². The lowest BCUT2D eigenvalue weighted by Gasteiger charge is -2.06. The third-order valence-corrected chi connectivity index (χ3v) is 1.55. The van der Waals surface area contributed by atoms with Crippen LogP contribution in [0.5, 0.6) is 0 Å². The monoisotopic (exact) mass is 197 g/mol. The van der Waals surface area contributed by atoms with E-state index in [1.165, 1.54) is 7.05 Å². The van der Waals surface area contributed by atoms with Crippen molar-refractivity contribution in [2.24, 2.45) is 5.73 Å². The molecule has 0 spiro atoms. The summed E-state index contributed by atoms with van der Waals surface area (Å²) in [6.07, 6.45) is -1.15. The molecular formula is C10H15NO3. The number of aliphatic hydroxyl groups is 1. The van der Waals surface area contributed by atoms with Crippen LogP contribution in [0.4, 0.5) is 0 Å². The predicted molar refractivity (Wildman–Crippen MR) is 53.8 cm³/mol. The fourth-order valence-corrected chi connectivity index (χ4v) is 0.958. The van der Waals surface area contributed by atoms with Crippen LogP contribution in [0.1, 0.15) is 18.1 Å². The number of benzene rings is 1. The first-order valence-corrected chi connectivity index (χ1v) is 4.22. The lowest BCUT2D eigenvalue weighted by molar-refractivity contribution is -0.139. The third kappa shape index (κ3) is 4.59. The maximum absolute atomic E-state index is 10.2. The van der Waals surface area contributed by atoms with Gasteiger partial charge in [-0.15, -0.1) is 0 Å². The molecule has 0 saturated heterocycles. The average molecular weight is 197 g/mol. The molecule has 0 bridgehead atoms. The van der Waals surface area contributed by atoms with E-state index in [9.17, 15) is 9.90 Å². The Labute approximate surface area is 83.0 Å². The van der Waals surface area contributed by atoms with Gasteiger partial charge < -0.3 is 15.9 Å². The van der Waals surface area contributed by atoms with Gasteiger partial charge in [-0.2, -0.15) is 0 Å². The summed E-state index contributed by atoms with van der Waals surface area (Å²) < 4.78 is 0. The standard InChI is InChI=1S/C9H10O3.CH5N/c10-8(6-9(11)12)7-4-2-1-3-5-7;1-2/h1-5,8,10H,6H2,(H,11,12);2H2,1H3. The second kappa shape index (κ2) is 7.06. The molecule has 78 valence electrons. The summed E-state index contributed by atoms with van der Waals surface area (Å²) in [5.41, 5.74) is 5.14. The van der Waals surface area contributed by atoms with E-state index >= 15 is 0 Å². The minimum absolute atomic E-state index is 0.246. The number of rotatable bonds is 3. The summed E-state index contributed by atoms with van der Waals surface area (Å²) in [7, 11) is 1.50. The van der Waals surface area contributed by atoms with E-state index < -0.39 is 12.1 Å². The fourth-order valence-electron chi connectivity index (χ4n) is 0.958. The van der Waals surface area contributed by atoms with E-state index in [-0.39, 0.29) is 6.42 Å². The highest BCUT2D eigenvalue weighted by Gasteiger charge is 2.10. The summed E-state index contributed by atoms with van der Waals surface area (Å²) in [6, 6.07) is 8.75. The number of aliphatic hydroxyl groups excluding tert-OH is 1. The van der Waals surface area contributed by atoms with Crippen molar-refractivity contribution in [2.75, 3.05) is 7.05 Å². The highest BCUT2D eigenvalue weighted by atomic mass is 16.4. The molecule has 14 heavy (non-hydrogen) atoms. The molecule has 1 aromatic rings.